The van der Waals surface area contributed by atoms with Crippen LogP contribution in [0.25, 0.3) is 0 Å². The number of amides is 1. The number of hydrogen-bond acceptors (Lipinski definition) is 5. The summed E-state index contributed by atoms with van der Waals surface area (Å²) in [5.74, 6) is 1.17. The van der Waals surface area contributed by atoms with Crippen molar-refractivity contribution in [1.29, 1.82) is 0 Å². The van der Waals surface area contributed by atoms with E-state index in [1.54, 1.807) is 4.90 Å². The second-order valence-electron chi connectivity index (χ2n) is 4.49. The Hall–Kier alpha value is -2.18. The fraction of sp³-hybridized carbons (Fsp3) is 0.500. The molecule has 0 aliphatic rings. The molecular weight excluding hydrogens is 246 g/mol. The lowest BCUT2D eigenvalue weighted by molar-refractivity contribution is 0.0729. The number of aromatic nitrogens is 4. The van der Waals surface area contributed by atoms with Crippen LogP contribution < -0.4 is 0 Å². The lowest BCUT2D eigenvalue weighted by atomic mass is 10.2. The van der Waals surface area contributed by atoms with E-state index in [9.17, 15) is 4.79 Å². The summed E-state index contributed by atoms with van der Waals surface area (Å²) < 4.78 is 5.14. The van der Waals surface area contributed by atoms with Gasteiger partial charge in [-0.1, -0.05) is 19.0 Å². The van der Waals surface area contributed by atoms with Crippen molar-refractivity contribution < 1.29 is 9.32 Å². The first-order chi connectivity index (χ1) is 9.11. The van der Waals surface area contributed by atoms with Gasteiger partial charge in [-0.05, 0) is 6.92 Å². The average Bonchev–Trinajstić information content (AvgIpc) is 3.06. The highest BCUT2D eigenvalue weighted by atomic mass is 16.5. The minimum absolute atomic E-state index is 0.135. The van der Waals surface area contributed by atoms with Crippen LogP contribution in [0.2, 0.25) is 0 Å². The molecule has 0 radical (unpaired) electrons. The van der Waals surface area contributed by atoms with Crippen molar-refractivity contribution in [2.24, 2.45) is 0 Å². The molecule has 0 atom stereocenters. The topological polar surface area (TPSA) is 87.9 Å². The van der Waals surface area contributed by atoms with Crippen molar-refractivity contribution in [1.82, 2.24) is 25.0 Å². The highest BCUT2D eigenvalue weighted by molar-refractivity contribution is 5.91. The minimum Gasteiger partial charge on any atom is -0.341 e. The number of rotatable bonds is 5. The van der Waals surface area contributed by atoms with Gasteiger partial charge >= 0.3 is 0 Å². The molecule has 0 bridgehead atoms. The third kappa shape index (κ3) is 2.98. The molecule has 2 aromatic heterocycles. The van der Waals surface area contributed by atoms with Crippen molar-refractivity contribution in [3.63, 3.8) is 0 Å². The van der Waals surface area contributed by atoms with E-state index in [2.05, 4.69) is 20.1 Å². The molecule has 102 valence electrons. The lowest BCUT2D eigenvalue weighted by Gasteiger charge is -2.17. The van der Waals surface area contributed by atoms with Crippen molar-refractivity contribution >= 4 is 5.91 Å². The Morgan fingerprint density at radius 1 is 1.53 bits per heavy atom. The molecule has 2 aromatic rings. The van der Waals surface area contributed by atoms with Crippen LogP contribution in [0.5, 0.6) is 0 Å². The minimum atomic E-state index is -0.135. The van der Waals surface area contributed by atoms with E-state index in [0.717, 1.165) is 0 Å². The summed E-state index contributed by atoms with van der Waals surface area (Å²) in [6, 6.07) is 0. The number of H-pyrrole nitrogens is 1. The number of hydrogen-bond donors (Lipinski definition) is 1. The standard InChI is InChI=1S/C12H17N5O2/c1-4-17(12(18)9-5-13-7-14-9)6-10-15-11(8(2)3)16-19-10/h5,7-8H,4,6H2,1-3H3,(H,13,14). The van der Waals surface area contributed by atoms with E-state index in [4.69, 9.17) is 4.52 Å². The summed E-state index contributed by atoms with van der Waals surface area (Å²) in [5.41, 5.74) is 0.449. The van der Waals surface area contributed by atoms with E-state index in [-0.39, 0.29) is 11.8 Å². The zero-order chi connectivity index (χ0) is 13.8. The van der Waals surface area contributed by atoms with Crippen LogP contribution in [0.1, 0.15) is 48.9 Å². The fourth-order valence-corrected chi connectivity index (χ4v) is 1.60. The maximum absolute atomic E-state index is 12.1. The van der Waals surface area contributed by atoms with E-state index >= 15 is 0 Å². The van der Waals surface area contributed by atoms with Crippen LogP contribution in [0.3, 0.4) is 0 Å². The van der Waals surface area contributed by atoms with E-state index in [0.29, 0.717) is 30.5 Å². The number of carbonyl (C=O) groups excluding carboxylic acids is 1. The van der Waals surface area contributed by atoms with Gasteiger partial charge in [0.25, 0.3) is 5.91 Å². The fourth-order valence-electron chi connectivity index (χ4n) is 1.60. The Kier molecular flexibility index (Phi) is 3.94. The summed E-state index contributed by atoms with van der Waals surface area (Å²) in [6.45, 7) is 6.73. The van der Waals surface area contributed by atoms with Crippen molar-refractivity contribution in [3.8, 4) is 0 Å². The molecule has 0 aliphatic carbocycles. The molecule has 0 aromatic carbocycles. The van der Waals surface area contributed by atoms with Crippen molar-refractivity contribution in [3.05, 3.63) is 29.9 Å². The number of nitrogens with zero attached hydrogens (tertiary/aromatic N) is 4. The average molecular weight is 263 g/mol. The van der Waals surface area contributed by atoms with Gasteiger partial charge in [-0.25, -0.2) is 4.98 Å². The van der Waals surface area contributed by atoms with Crippen LogP contribution >= 0.6 is 0 Å². The van der Waals surface area contributed by atoms with Crippen molar-refractivity contribution in [2.45, 2.75) is 33.2 Å². The molecule has 0 fully saturated rings. The summed E-state index contributed by atoms with van der Waals surface area (Å²) in [7, 11) is 0. The molecule has 2 heterocycles. The molecule has 0 unspecified atom stereocenters. The SMILES string of the molecule is CCN(Cc1nc(C(C)C)no1)C(=O)c1cnc[nH]1. The molecule has 0 saturated carbocycles. The van der Waals surface area contributed by atoms with E-state index in [1.807, 2.05) is 20.8 Å². The van der Waals surface area contributed by atoms with Gasteiger partial charge in [0, 0.05) is 12.5 Å². The van der Waals surface area contributed by atoms with E-state index in [1.165, 1.54) is 12.5 Å². The molecule has 7 heteroatoms. The second-order valence-corrected chi connectivity index (χ2v) is 4.49. The van der Waals surface area contributed by atoms with E-state index < -0.39 is 0 Å². The predicted octanol–water partition coefficient (Wildman–Crippen LogP) is 1.58. The van der Waals surface area contributed by atoms with Crippen LogP contribution in [-0.4, -0.2) is 37.5 Å². The Morgan fingerprint density at radius 3 is 2.84 bits per heavy atom. The van der Waals surface area contributed by atoms with Crippen LogP contribution in [0.15, 0.2) is 17.0 Å². The number of carbonyl (C=O) groups is 1. The maximum Gasteiger partial charge on any atom is 0.272 e. The first kappa shape index (κ1) is 13.3. The zero-order valence-electron chi connectivity index (χ0n) is 11.3. The maximum atomic E-state index is 12.1. The van der Waals surface area contributed by atoms with Gasteiger partial charge in [0.1, 0.15) is 12.2 Å². The molecule has 1 N–H and O–H groups in total. The van der Waals surface area contributed by atoms with Gasteiger partial charge in [-0.3, -0.25) is 4.79 Å². The third-order valence-electron chi connectivity index (χ3n) is 2.72. The number of imidazole rings is 1. The Labute approximate surface area is 111 Å². The van der Waals surface area contributed by atoms with Crippen LogP contribution in [0, 0.1) is 0 Å². The summed E-state index contributed by atoms with van der Waals surface area (Å²) >= 11 is 0. The van der Waals surface area contributed by atoms with Crippen LogP contribution in [-0.2, 0) is 6.54 Å². The number of aromatic amines is 1. The summed E-state index contributed by atoms with van der Waals surface area (Å²) in [4.78, 5) is 24.7. The predicted molar refractivity (Wildman–Crippen MR) is 67.4 cm³/mol. The molecule has 1 amide bonds. The van der Waals surface area contributed by atoms with Crippen molar-refractivity contribution in [2.75, 3.05) is 6.54 Å². The molecule has 0 spiro atoms. The molecule has 2 rings (SSSR count). The molecule has 0 saturated heterocycles. The van der Waals surface area contributed by atoms with Gasteiger partial charge in [-0.2, -0.15) is 4.98 Å². The first-order valence-electron chi connectivity index (χ1n) is 6.22. The summed E-state index contributed by atoms with van der Waals surface area (Å²) in [6.07, 6.45) is 2.98. The smallest absolute Gasteiger partial charge is 0.272 e. The van der Waals surface area contributed by atoms with Gasteiger partial charge in [0.15, 0.2) is 5.82 Å². The Bertz CT molecular complexity index is 532. The molecule has 7 nitrogen and oxygen atoms in total. The Morgan fingerprint density at radius 2 is 2.32 bits per heavy atom. The second kappa shape index (κ2) is 5.64. The number of nitrogens with one attached hydrogen (secondary N) is 1. The first-order valence-corrected chi connectivity index (χ1v) is 6.22. The normalized spacial score (nSPS) is 10.9. The highest BCUT2D eigenvalue weighted by Gasteiger charge is 2.19. The quantitative estimate of drug-likeness (QED) is 0.884. The largest absolute Gasteiger partial charge is 0.341 e. The van der Waals surface area contributed by atoms with Gasteiger partial charge in [-0.15, -0.1) is 0 Å². The van der Waals surface area contributed by atoms with Crippen LogP contribution in [0.4, 0.5) is 0 Å². The van der Waals surface area contributed by atoms with Gasteiger partial charge in [0.2, 0.25) is 5.89 Å². The molecule has 0 aliphatic heterocycles. The monoisotopic (exact) mass is 263 g/mol. The molecular formula is C12H17N5O2. The molecule has 19 heavy (non-hydrogen) atoms. The van der Waals surface area contributed by atoms with Gasteiger partial charge in [0.05, 0.1) is 12.5 Å². The van der Waals surface area contributed by atoms with Gasteiger partial charge < -0.3 is 14.4 Å². The highest BCUT2D eigenvalue weighted by Crippen LogP contribution is 2.12. The Balaban J connectivity index is 2.08. The zero-order valence-corrected chi connectivity index (χ0v) is 11.3. The summed E-state index contributed by atoms with van der Waals surface area (Å²) in [5, 5.41) is 3.88. The lowest BCUT2D eigenvalue weighted by Crippen LogP contribution is -2.30. The third-order valence-corrected chi connectivity index (χ3v) is 2.72.